The standard InChI is InChI=1S/C25H21Br2FN2O4/c1-3-10-33-22-9-6-17(12-23(22)32-2)25(31)30-29-14-18-11-19(26)13-21(27)24(18)34-15-16-4-7-20(28)8-5-16/h3-9,11-14H,1,10,15H2,2H3,(H,30,31)/b29-14+. The lowest BCUT2D eigenvalue weighted by Gasteiger charge is -2.12. The van der Waals surface area contributed by atoms with Crippen LogP contribution in [0.3, 0.4) is 0 Å². The smallest absolute Gasteiger partial charge is 0.271 e. The van der Waals surface area contributed by atoms with Crippen molar-refractivity contribution in [2.24, 2.45) is 5.10 Å². The monoisotopic (exact) mass is 590 g/mol. The Balaban J connectivity index is 1.72. The van der Waals surface area contributed by atoms with Crippen LogP contribution in [0.4, 0.5) is 4.39 Å². The maximum Gasteiger partial charge on any atom is 0.271 e. The van der Waals surface area contributed by atoms with Gasteiger partial charge < -0.3 is 14.2 Å². The Labute approximate surface area is 213 Å². The summed E-state index contributed by atoms with van der Waals surface area (Å²) in [6.07, 6.45) is 3.10. The highest BCUT2D eigenvalue weighted by atomic mass is 79.9. The lowest BCUT2D eigenvalue weighted by molar-refractivity contribution is 0.0954. The molecule has 9 heteroatoms. The number of halogens is 3. The first-order valence-electron chi connectivity index (χ1n) is 10.0. The Morgan fingerprint density at radius 1 is 1.09 bits per heavy atom. The lowest BCUT2D eigenvalue weighted by atomic mass is 10.2. The van der Waals surface area contributed by atoms with E-state index in [2.05, 4.69) is 49.0 Å². The van der Waals surface area contributed by atoms with Gasteiger partial charge >= 0.3 is 0 Å². The number of amides is 1. The molecular formula is C25H21Br2FN2O4. The van der Waals surface area contributed by atoms with Gasteiger partial charge in [-0.1, -0.05) is 40.7 Å². The first kappa shape index (κ1) is 25.5. The van der Waals surface area contributed by atoms with Crippen molar-refractivity contribution in [3.8, 4) is 17.2 Å². The number of ether oxygens (including phenoxy) is 3. The largest absolute Gasteiger partial charge is 0.493 e. The predicted octanol–water partition coefficient (Wildman–Crippen LogP) is 6.27. The molecule has 0 unspecified atom stereocenters. The zero-order valence-electron chi connectivity index (χ0n) is 18.2. The highest BCUT2D eigenvalue weighted by Gasteiger charge is 2.12. The van der Waals surface area contributed by atoms with E-state index in [4.69, 9.17) is 14.2 Å². The quantitative estimate of drug-likeness (QED) is 0.171. The minimum absolute atomic E-state index is 0.230. The van der Waals surface area contributed by atoms with Crippen LogP contribution in [0.25, 0.3) is 0 Å². The summed E-state index contributed by atoms with van der Waals surface area (Å²) in [4.78, 5) is 12.6. The zero-order chi connectivity index (χ0) is 24.5. The third-order valence-electron chi connectivity index (χ3n) is 4.49. The summed E-state index contributed by atoms with van der Waals surface area (Å²) in [5, 5.41) is 4.07. The van der Waals surface area contributed by atoms with Crippen LogP contribution in [0.2, 0.25) is 0 Å². The summed E-state index contributed by atoms with van der Waals surface area (Å²) in [6.45, 7) is 4.16. The molecule has 3 rings (SSSR count). The van der Waals surface area contributed by atoms with E-state index in [1.807, 2.05) is 6.07 Å². The van der Waals surface area contributed by atoms with Gasteiger partial charge in [-0.3, -0.25) is 4.79 Å². The molecule has 1 amide bonds. The molecule has 1 N–H and O–H groups in total. The fourth-order valence-corrected chi connectivity index (χ4v) is 4.24. The van der Waals surface area contributed by atoms with E-state index in [0.29, 0.717) is 39.5 Å². The maximum absolute atomic E-state index is 13.1. The minimum Gasteiger partial charge on any atom is -0.493 e. The van der Waals surface area contributed by atoms with E-state index < -0.39 is 5.91 Å². The van der Waals surface area contributed by atoms with Crippen molar-refractivity contribution in [1.29, 1.82) is 0 Å². The van der Waals surface area contributed by atoms with E-state index in [0.717, 1.165) is 10.0 Å². The molecule has 0 heterocycles. The molecule has 0 aliphatic carbocycles. The van der Waals surface area contributed by atoms with Gasteiger partial charge in [-0.05, 0) is 64.0 Å². The van der Waals surface area contributed by atoms with Crippen LogP contribution in [0, 0.1) is 5.82 Å². The number of nitrogens with zero attached hydrogens (tertiary/aromatic N) is 1. The first-order chi connectivity index (χ1) is 16.4. The van der Waals surface area contributed by atoms with Crippen LogP contribution >= 0.6 is 31.9 Å². The molecule has 176 valence electrons. The summed E-state index contributed by atoms with van der Waals surface area (Å²) in [6, 6.07) is 14.5. The Bertz CT molecular complexity index is 1200. The molecule has 0 aliphatic rings. The number of carbonyl (C=O) groups is 1. The third kappa shape index (κ3) is 6.91. The molecule has 0 bridgehead atoms. The second kappa shape index (κ2) is 12.3. The van der Waals surface area contributed by atoms with Crippen molar-refractivity contribution in [2.45, 2.75) is 6.61 Å². The summed E-state index contributed by atoms with van der Waals surface area (Å²) in [5.41, 5.74) is 4.27. The predicted molar refractivity (Wildman–Crippen MR) is 136 cm³/mol. The number of hydrazone groups is 1. The van der Waals surface area contributed by atoms with Gasteiger partial charge in [0.1, 0.15) is 24.8 Å². The number of methoxy groups -OCH3 is 1. The van der Waals surface area contributed by atoms with Gasteiger partial charge in [0.2, 0.25) is 0 Å². The van der Waals surface area contributed by atoms with E-state index >= 15 is 0 Å². The van der Waals surface area contributed by atoms with Gasteiger partial charge in [0, 0.05) is 15.6 Å². The number of benzene rings is 3. The van der Waals surface area contributed by atoms with Crippen LogP contribution in [0.1, 0.15) is 21.5 Å². The number of carbonyl (C=O) groups excluding carboxylic acids is 1. The van der Waals surface area contributed by atoms with Gasteiger partial charge in [-0.15, -0.1) is 0 Å². The number of rotatable bonds is 10. The SMILES string of the molecule is C=CCOc1ccc(C(=O)N/N=C/c2cc(Br)cc(Br)c2OCc2ccc(F)cc2)cc1OC. The average Bonchev–Trinajstić information content (AvgIpc) is 2.83. The van der Waals surface area contributed by atoms with Crippen LogP contribution < -0.4 is 19.6 Å². The van der Waals surface area contributed by atoms with Crippen molar-refractivity contribution in [1.82, 2.24) is 5.43 Å². The van der Waals surface area contributed by atoms with E-state index in [1.165, 1.54) is 25.5 Å². The third-order valence-corrected chi connectivity index (χ3v) is 5.53. The molecule has 0 aliphatic heterocycles. The molecule has 0 saturated heterocycles. The number of nitrogens with one attached hydrogen (secondary N) is 1. The molecular weight excluding hydrogens is 571 g/mol. The molecule has 34 heavy (non-hydrogen) atoms. The van der Waals surface area contributed by atoms with Crippen molar-refractivity contribution in [2.75, 3.05) is 13.7 Å². The van der Waals surface area contributed by atoms with E-state index in [1.54, 1.807) is 42.5 Å². The van der Waals surface area contributed by atoms with Crippen molar-refractivity contribution < 1.29 is 23.4 Å². The fourth-order valence-electron chi connectivity index (χ4n) is 2.87. The topological polar surface area (TPSA) is 69.2 Å². The molecule has 0 saturated carbocycles. The van der Waals surface area contributed by atoms with Crippen LogP contribution in [-0.2, 0) is 6.61 Å². The van der Waals surface area contributed by atoms with Gasteiger partial charge in [0.15, 0.2) is 11.5 Å². The van der Waals surface area contributed by atoms with E-state index in [9.17, 15) is 9.18 Å². The van der Waals surface area contributed by atoms with Gasteiger partial charge in [-0.25, -0.2) is 9.82 Å². The molecule has 0 fully saturated rings. The zero-order valence-corrected chi connectivity index (χ0v) is 21.4. The van der Waals surface area contributed by atoms with Crippen LogP contribution in [0.15, 0.2) is 81.3 Å². The van der Waals surface area contributed by atoms with Gasteiger partial charge in [-0.2, -0.15) is 5.10 Å². The Hall–Kier alpha value is -3.17. The van der Waals surface area contributed by atoms with Crippen molar-refractivity contribution >= 4 is 44.0 Å². The molecule has 0 radical (unpaired) electrons. The second-order valence-corrected chi connectivity index (χ2v) is 8.66. The van der Waals surface area contributed by atoms with Gasteiger partial charge in [0.25, 0.3) is 5.91 Å². The second-order valence-electron chi connectivity index (χ2n) is 6.89. The molecule has 3 aromatic carbocycles. The average molecular weight is 592 g/mol. The Kier molecular flexibility index (Phi) is 9.24. The van der Waals surface area contributed by atoms with Crippen molar-refractivity contribution in [3.05, 3.63) is 98.7 Å². The number of hydrogen-bond donors (Lipinski definition) is 1. The van der Waals surface area contributed by atoms with E-state index in [-0.39, 0.29) is 12.4 Å². The summed E-state index contributed by atoms with van der Waals surface area (Å²) in [7, 11) is 1.49. The summed E-state index contributed by atoms with van der Waals surface area (Å²) in [5.74, 6) is 0.715. The molecule has 6 nitrogen and oxygen atoms in total. The van der Waals surface area contributed by atoms with Crippen molar-refractivity contribution in [3.63, 3.8) is 0 Å². The molecule has 0 spiro atoms. The fraction of sp³-hybridized carbons (Fsp3) is 0.120. The Morgan fingerprint density at radius 2 is 1.85 bits per heavy atom. The van der Waals surface area contributed by atoms with Crippen LogP contribution in [0.5, 0.6) is 17.2 Å². The summed E-state index contributed by atoms with van der Waals surface area (Å²) < 4.78 is 31.4. The first-order valence-corrected chi connectivity index (χ1v) is 11.6. The van der Waals surface area contributed by atoms with Crippen LogP contribution in [-0.4, -0.2) is 25.8 Å². The molecule has 3 aromatic rings. The Morgan fingerprint density at radius 3 is 2.56 bits per heavy atom. The maximum atomic E-state index is 13.1. The van der Waals surface area contributed by atoms with Gasteiger partial charge in [0.05, 0.1) is 17.8 Å². The summed E-state index contributed by atoms with van der Waals surface area (Å²) >= 11 is 6.93. The molecule has 0 atom stereocenters. The highest BCUT2D eigenvalue weighted by molar-refractivity contribution is 9.11. The lowest BCUT2D eigenvalue weighted by Crippen LogP contribution is -2.17. The minimum atomic E-state index is -0.423. The molecule has 0 aromatic heterocycles. The highest BCUT2D eigenvalue weighted by Crippen LogP contribution is 2.33. The normalized spacial score (nSPS) is 10.7. The number of hydrogen-bond acceptors (Lipinski definition) is 5.